The molecule has 1 aromatic carbocycles. The zero-order chi connectivity index (χ0) is 17.0. The molecule has 1 aliphatic heterocycles. The van der Waals surface area contributed by atoms with Crippen molar-refractivity contribution in [3.8, 4) is 5.75 Å². The Labute approximate surface area is 142 Å². The van der Waals surface area contributed by atoms with Crippen molar-refractivity contribution in [1.82, 2.24) is 5.32 Å². The number of benzene rings is 1. The lowest BCUT2D eigenvalue weighted by Gasteiger charge is -2.24. The molecule has 0 aliphatic carbocycles. The van der Waals surface area contributed by atoms with E-state index in [2.05, 4.69) is 5.32 Å². The predicted octanol–water partition coefficient (Wildman–Crippen LogP) is 2.71. The third-order valence-electron chi connectivity index (χ3n) is 3.14. The summed E-state index contributed by atoms with van der Waals surface area (Å²) in [7, 11) is 0. The van der Waals surface area contributed by atoms with E-state index < -0.39 is 18.0 Å². The zero-order valence-corrected chi connectivity index (χ0v) is 13.3. The molecule has 1 aliphatic rings. The van der Waals surface area contributed by atoms with E-state index in [1.54, 1.807) is 24.3 Å². The van der Waals surface area contributed by atoms with Gasteiger partial charge in [-0.05, 0) is 18.2 Å². The van der Waals surface area contributed by atoms with Gasteiger partial charge in [-0.2, -0.15) is 0 Å². The lowest BCUT2D eigenvalue weighted by Crippen LogP contribution is -2.38. The highest BCUT2D eigenvalue weighted by Gasteiger charge is 2.25. The Kier molecular flexibility index (Phi) is 5.65. The van der Waals surface area contributed by atoms with Crippen LogP contribution in [0.25, 0.3) is 0 Å². The summed E-state index contributed by atoms with van der Waals surface area (Å²) < 4.78 is 5.67. The van der Waals surface area contributed by atoms with Crippen molar-refractivity contribution >= 4 is 35.1 Å². The highest BCUT2D eigenvalue weighted by atomic mass is 35.5. The molecule has 0 aromatic heterocycles. The first kappa shape index (κ1) is 17.3. The number of nitrogens with one attached hydrogen (secondary N) is 1. The lowest BCUT2D eigenvalue weighted by atomic mass is 9.99. The van der Waals surface area contributed by atoms with Crippen molar-refractivity contribution < 1.29 is 24.5 Å². The van der Waals surface area contributed by atoms with E-state index in [0.717, 1.165) is 0 Å². The van der Waals surface area contributed by atoms with E-state index in [0.29, 0.717) is 34.2 Å². The Morgan fingerprint density at radius 1 is 1.26 bits per heavy atom. The molecule has 0 fully saturated rings. The minimum absolute atomic E-state index is 0.200. The van der Waals surface area contributed by atoms with Crippen LogP contribution in [-0.2, 0) is 9.59 Å². The maximum Gasteiger partial charge on any atom is 0.333 e. The number of aliphatic carboxylic acids is 2. The van der Waals surface area contributed by atoms with Crippen LogP contribution in [-0.4, -0.2) is 34.7 Å². The number of ether oxygens (including phenoxy) is 1. The van der Waals surface area contributed by atoms with Gasteiger partial charge in [0.15, 0.2) is 0 Å². The van der Waals surface area contributed by atoms with Crippen molar-refractivity contribution in [2.24, 2.45) is 0 Å². The summed E-state index contributed by atoms with van der Waals surface area (Å²) in [6.07, 6.45) is 2.63. The van der Waals surface area contributed by atoms with Crippen LogP contribution in [0.3, 0.4) is 0 Å². The summed E-state index contributed by atoms with van der Waals surface area (Å²) in [5, 5.41) is 21.6. The Morgan fingerprint density at radius 2 is 2.00 bits per heavy atom. The summed E-state index contributed by atoms with van der Waals surface area (Å²) in [5.41, 5.74) is -0.235. The Morgan fingerprint density at radius 3 is 2.61 bits per heavy atom. The van der Waals surface area contributed by atoms with Gasteiger partial charge in [0.2, 0.25) is 0 Å². The van der Waals surface area contributed by atoms with Crippen LogP contribution in [0.4, 0.5) is 0 Å². The van der Waals surface area contributed by atoms with Gasteiger partial charge < -0.3 is 20.3 Å². The highest BCUT2D eigenvalue weighted by molar-refractivity contribution is 6.42. The van der Waals surface area contributed by atoms with Crippen molar-refractivity contribution in [2.45, 2.75) is 12.5 Å². The fourth-order valence-corrected chi connectivity index (χ4v) is 2.40. The zero-order valence-electron chi connectivity index (χ0n) is 11.8. The standard InChI is InChI=1S/C15H13Cl2NO5/c16-11-2-1-8(5-12(11)17)23-9-3-4-18-13(6-9)10(15(21)22)7-14(19)20/h1-3,5,7,13,18H,4,6H2,(H,19,20)(H,21,22). The number of hydrogen-bond acceptors (Lipinski definition) is 4. The summed E-state index contributed by atoms with van der Waals surface area (Å²) >= 11 is 11.7. The molecule has 0 saturated heterocycles. The second kappa shape index (κ2) is 7.50. The van der Waals surface area contributed by atoms with Crippen LogP contribution in [0, 0.1) is 0 Å². The fraction of sp³-hybridized carbons (Fsp3) is 0.200. The van der Waals surface area contributed by atoms with Crippen molar-refractivity contribution in [3.05, 3.63) is 51.7 Å². The van der Waals surface area contributed by atoms with E-state index in [1.807, 2.05) is 0 Å². The van der Waals surface area contributed by atoms with Gasteiger partial charge in [0.05, 0.1) is 15.6 Å². The second-order valence-corrected chi connectivity index (χ2v) is 5.57. The van der Waals surface area contributed by atoms with Crippen LogP contribution in [0.1, 0.15) is 6.42 Å². The minimum Gasteiger partial charge on any atom is -0.478 e. The quantitative estimate of drug-likeness (QED) is 0.701. The lowest BCUT2D eigenvalue weighted by molar-refractivity contribution is -0.135. The largest absolute Gasteiger partial charge is 0.478 e. The Bertz CT molecular complexity index is 699. The van der Waals surface area contributed by atoms with Crippen LogP contribution in [0.15, 0.2) is 41.7 Å². The average Bonchev–Trinajstić information content (AvgIpc) is 2.48. The van der Waals surface area contributed by atoms with Crippen molar-refractivity contribution in [3.63, 3.8) is 0 Å². The van der Waals surface area contributed by atoms with Gasteiger partial charge in [0.1, 0.15) is 11.5 Å². The van der Waals surface area contributed by atoms with Crippen LogP contribution in [0.5, 0.6) is 5.75 Å². The van der Waals surface area contributed by atoms with E-state index in [4.69, 9.17) is 38.2 Å². The van der Waals surface area contributed by atoms with Crippen molar-refractivity contribution in [2.75, 3.05) is 6.54 Å². The highest BCUT2D eigenvalue weighted by Crippen LogP contribution is 2.28. The molecule has 3 N–H and O–H groups in total. The molecule has 0 spiro atoms. The van der Waals surface area contributed by atoms with Crippen LogP contribution >= 0.6 is 23.2 Å². The molecule has 23 heavy (non-hydrogen) atoms. The molecule has 1 atom stereocenters. The topological polar surface area (TPSA) is 95.9 Å². The first-order chi connectivity index (χ1) is 10.9. The summed E-state index contributed by atoms with van der Waals surface area (Å²) in [4.78, 5) is 22.0. The first-order valence-electron chi connectivity index (χ1n) is 6.60. The van der Waals surface area contributed by atoms with Crippen LogP contribution in [0.2, 0.25) is 10.0 Å². The molecule has 122 valence electrons. The van der Waals surface area contributed by atoms with Gasteiger partial charge in [0.25, 0.3) is 0 Å². The number of carboxylic acid groups (broad SMARTS) is 2. The normalized spacial score (nSPS) is 18.3. The number of carbonyl (C=O) groups is 2. The summed E-state index contributed by atoms with van der Waals surface area (Å²) in [5.74, 6) is -1.62. The predicted molar refractivity (Wildman–Crippen MR) is 84.9 cm³/mol. The third-order valence-corrected chi connectivity index (χ3v) is 3.88. The van der Waals surface area contributed by atoms with Gasteiger partial charge >= 0.3 is 11.9 Å². The molecule has 1 heterocycles. The monoisotopic (exact) mass is 357 g/mol. The molecule has 2 rings (SSSR count). The van der Waals surface area contributed by atoms with Gasteiger partial charge in [-0.1, -0.05) is 23.2 Å². The van der Waals surface area contributed by atoms with Gasteiger partial charge in [0, 0.05) is 31.1 Å². The molecular formula is C15H13Cl2NO5. The molecule has 0 saturated carbocycles. The fourth-order valence-electron chi connectivity index (χ4n) is 2.11. The minimum atomic E-state index is -1.31. The molecule has 1 aromatic rings. The maximum absolute atomic E-state index is 11.2. The molecule has 1 unspecified atom stereocenters. The third kappa shape index (κ3) is 4.72. The van der Waals surface area contributed by atoms with E-state index in [-0.39, 0.29) is 12.0 Å². The number of hydrogen-bond donors (Lipinski definition) is 3. The Balaban J connectivity index is 2.13. The summed E-state index contributed by atoms with van der Waals surface area (Å²) in [6, 6.07) is 4.11. The molecule has 6 nitrogen and oxygen atoms in total. The molecule has 8 heteroatoms. The second-order valence-electron chi connectivity index (χ2n) is 4.76. The van der Waals surface area contributed by atoms with Gasteiger partial charge in [-0.3, -0.25) is 0 Å². The molecule has 0 bridgehead atoms. The van der Waals surface area contributed by atoms with E-state index in [9.17, 15) is 9.59 Å². The summed E-state index contributed by atoms with van der Waals surface area (Å²) in [6.45, 7) is 0.353. The number of rotatable bonds is 5. The Hall–Kier alpha value is -2.02. The van der Waals surface area contributed by atoms with Gasteiger partial charge in [-0.25, -0.2) is 9.59 Å². The SMILES string of the molecule is O=C(O)C=C(C(=O)O)C1CC(Oc2ccc(Cl)c(Cl)c2)=CCN1. The molecule has 0 amide bonds. The smallest absolute Gasteiger partial charge is 0.333 e. The van der Waals surface area contributed by atoms with Gasteiger partial charge in [-0.15, -0.1) is 0 Å². The average molecular weight is 358 g/mol. The van der Waals surface area contributed by atoms with Crippen molar-refractivity contribution in [1.29, 1.82) is 0 Å². The number of carboxylic acids is 2. The van der Waals surface area contributed by atoms with E-state index in [1.165, 1.54) is 0 Å². The maximum atomic E-state index is 11.2. The first-order valence-corrected chi connectivity index (χ1v) is 7.35. The van der Waals surface area contributed by atoms with Crippen LogP contribution < -0.4 is 10.1 Å². The number of halogens is 2. The van der Waals surface area contributed by atoms with E-state index >= 15 is 0 Å². The molecular weight excluding hydrogens is 345 g/mol. The molecule has 0 radical (unpaired) electrons.